The van der Waals surface area contributed by atoms with Gasteiger partial charge in [0, 0.05) is 12.1 Å². The lowest BCUT2D eigenvalue weighted by Gasteiger charge is -2.25. The van der Waals surface area contributed by atoms with E-state index in [0.29, 0.717) is 22.8 Å². The summed E-state index contributed by atoms with van der Waals surface area (Å²) in [5.41, 5.74) is 1.56. The van der Waals surface area contributed by atoms with Crippen molar-refractivity contribution in [2.24, 2.45) is 0 Å². The Labute approximate surface area is 166 Å². The van der Waals surface area contributed by atoms with Crippen LogP contribution in [-0.2, 0) is 0 Å². The second-order valence-electron chi connectivity index (χ2n) is 6.86. The summed E-state index contributed by atoms with van der Waals surface area (Å²) >= 11 is 0. The second kappa shape index (κ2) is 9.46. The number of amides is 1. The summed E-state index contributed by atoms with van der Waals surface area (Å²) < 4.78 is 16.1. The molecule has 0 spiro atoms. The zero-order valence-corrected chi connectivity index (χ0v) is 16.7. The van der Waals surface area contributed by atoms with Crippen molar-refractivity contribution in [2.45, 2.75) is 18.9 Å². The van der Waals surface area contributed by atoms with Gasteiger partial charge in [0.05, 0.1) is 27.4 Å². The summed E-state index contributed by atoms with van der Waals surface area (Å²) in [5, 5.41) is 3.18. The van der Waals surface area contributed by atoms with E-state index in [1.54, 1.807) is 33.5 Å². The van der Waals surface area contributed by atoms with Crippen LogP contribution in [0.3, 0.4) is 0 Å². The molecule has 1 atom stereocenters. The summed E-state index contributed by atoms with van der Waals surface area (Å²) in [6.07, 6.45) is 2.42. The maximum absolute atomic E-state index is 13.1. The fourth-order valence-corrected chi connectivity index (χ4v) is 3.60. The highest BCUT2D eigenvalue weighted by Crippen LogP contribution is 2.38. The molecule has 1 amide bonds. The standard InChI is InChI=1S/C22H28N2O4/c1-26-19-13-17(14-20(27-2)21(19)28-3)22(25)23-18(15-24-11-7-8-12-24)16-9-5-4-6-10-16/h4-6,9-10,13-14,18H,7-8,11-12,15H2,1-3H3,(H,23,25). The zero-order valence-electron chi connectivity index (χ0n) is 16.7. The molecule has 28 heavy (non-hydrogen) atoms. The van der Waals surface area contributed by atoms with Crippen LogP contribution in [0.2, 0.25) is 0 Å². The molecule has 6 heteroatoms. The van der Waals surface area contributed by atoms with Gasteiger partial charge >= 0.3 is 0 Å². The summed E-state index contributed by atoms with van der Waals surface area (Å²) in [6.45, 7) is 2.94. The molecule has 1 saturated heterocycles. The molecule has 0 bridgehead atoms. The van der Waals surface area contributed by atoms with Gasteiger partial charge in [0.15, 0.2) is 11.5 Å². The summed E-state index contributed by atoms with van der Waals surface area (Å²) in [6, 6.07) is 13.3. The lowest BCUT2D eigenvalue weighted by atomic mass is 10.1. The van der Waals surface area contributed by atoms with Crippen molar-refractivity contribution >= 4 is 5.91 Å². The van der Waals surface area contributed by atoms with Gasteiger partial charge in [0.25, 0.3) is 5.91 Å². The Hall–Kier alpha value is -2.73. The summed E-state index contributed by atoms with van der Waals surface area (Å²) in [5.74, 6) is 1.22. The van der Waals surface area contributed by atoms with Crippen molar-refractivity contribution in [3.8, 4) is 17.2 Å². The molecule has 1 unspecified atom stereocenters. The number of hydrogen-bond donors (Lipinski definition) is 1. The highest BCUT2D eigenvalue weighted by Gasteiger charge is 2.23. The van der Waals surface area contributed by atoms with E-state index >= 15 is 0 Å². The van der Waals surface area contributed by atoms with Gasteiger partial charge in [0.1, 0.15) is 0 Å². The molecule has 0 aliphatic carbocycles. The van der Waals surface area contributed by atoms with Crippen molar-refractivity contribution in [2.75, 3.05) is 41.0 Å². The average Bonchev–Trinajstić information content (AvgIpc) is 3.25. The molecule has 6 nitrogen and oxygen atoms in total. The number of carbonyl (C=O) groups excluding carboxylic acids is 1. The van der Waals surface area contributed by atoms with Crippen molar-refractivity contribution in [1.82, 2.24) is 10.2 Å². The fraction of sp³-hybridized carbons (Fsp3) is 0.409. The zero-order chi connectivity index (χ0) is 19.9. The van der Waals surface area contributed by atoms with Crippen molar-refractivity contribution < 1.29 is 19.0 Å². The molecular weight excluding hydrogens is 356 g/mol. The average molecular weight is 384 g/mol. The van der Waals surface area contributed by atoms with E-state index < -0.39 is 0 Å². The van der Waals surface area contributed by atoms with Gasteiger partial charge in [-0.25, -0.2) is 0 Å². The van der Waals surface area contributed by atoms with Crippen LogP contribution in [0, 0.1) is 0 Å². The Kier molecular flexibility index (Phi) is 6.76. The molecule has 150 valence electrons. The Morgan fingerprint density at radius 3 is 2.14 bits per heavy atom. The molecular formula is C22H28N2O4. The number of nitrogens with one attached hydrogen (secondary N) is 1. The van der Waals surface area contributed by atoms with E-state index in [2.05, 4.69) is 22.3 Å². The molecule has 0 radical (unpaired) electrons. The Balaban J connectivity index is 1.85. The molecule has 0 aromatic heterocycles. The molecule has 1 aliphatic heterocycles. The molecule has 2 aromatic carbocycles. The monoisotopic (exact) mass is 384 g/mol. The van der Waals surface area contributed by atoms with Crippen LogP contribution >= 0.6 is 0 Å². The van der Waals surface area contributed by atoms with Crippen LogP contribution < -0.4 is 19.5 Å². The second-order valence-corrected chi connectivity index (χ2v) is 6.86. The largest absolute Gasteiger partial charge is 0.493 e. The maximum atomic E-state index is 13.1. The molecule has 2 aromatic rings. The normalized spacial score (nSPS) is 15.1. The van der Waals surface area contributed by atoms with E-state index in [1.807, 2.05) is 18.2 Å². The highest BCUT2D eigenvalue weighted by atomic mass is 16.5. The molecule has 1 fully saturated rings. The lowest BCUT2D eigenvalue weighted by Crippen LogP contribution is -2.37. The van der Waals surface area contributed by atoms with E-state index in [1.165, 1.54) is 12.8 Å². The number of benzene rings is 2. The third-order valence-electron chi connectivity index (χ3n) is 5.07. The molecule has 1 aliphatic rings. The number of hydrogen-bond acceptors (Lipinski definition) is 5. The van der Waals surface area contributed by atoms with E-state index in [9.17, 15) is 4.79 Å². The maximum Gasteiger partial charge on any atom is 0.252 e. The van der Waals surface area contributed by atoms with Gasteiger partial charge in [-0.05, 0) is 43.6 Å². The molecule has 0 saturated carbocycles. The number of rotatable bonds is 8. The van der Waals surface area contributed by atoms with Crippen LogP contribution in [0.4, 0.5) is 0 Å². The van der Waals surface area contributed by atoms with Gasteiger partial charge in [-0.15, -0.1) is 0 Å². The smallest absolute Gasteiger partial charge is 0.252 e. The van der Waals surface area contributed by atoms with E-state index in [-0.39, 0.29) is 11.9 Å². The number of carbonyl (C=O) groups is 1. The van der Waals surface area contributed by atoms with Gasteiger partial charge in [0.2, 0.25) is 5.75 Å². The van der Waals surface area contributed by atoms with Crippen LogP contribution in [0.1, 0.15) is 34.8 Å². The SMILES string of the molecule is COc1cc(C(=O)NC(CN2CCCC2)c2ccccc2)cc(OC)c1OC. The Morgan fingerprint density at radius 2 is 1.61 bits per heavy atom. The van der Waals surface area contributed by atoms with E-state index in [0.717, 1.165) is 25.2 Å². The van der Waals surface area contributed by atoms with Gasteiger partial charge in [-0.2, -0.15) is 0 Å². The van der Waals surface area contributed by atoms with Crippen molar-refractivity contribution in [3.63, 3.8) is 0 Å². The van der Waals surface area contributed by atoms with Gasteiger partial charge < -0.3 is 24.4 Å². The fourth-order valence-electron chi connectivity index (χ4n) is 3.60. The van der Waals surface area contributed by atoms with Gasteiger partial charge in [-0.3, -0.25) is 4.79 Å². The summed E-state index contributed by atoms with van der Waals surface area (Å²) in [4.78, 5) is 15.5. The minimum absolute atomic E-state index is 0.0918. The number of likely N-dealkylation sites (tertiary alicyclic amines) is 1. The Bertz CT molecular complexity index is 763. The number of nitrogens with zero attached hydrogens (tertiary/aromatic N) is 1. The Morgan fingerprint density at radius 1 is 1.00 bits per heavy atom. The highest BCUT2D eigenvalue weighted by molar-refractivity contribution is 5.96. The van der Waals surface area contributed by atoms with Crippen LogP contribution in [0.15, 0.2) is 42.5 Å². The first-order valence-electron chi connectivity index (χ1n) is 9.54. The predicted octanol–water partition coefficient (Wildman–Crippen LogP) is 3.28. The third-order valence-corrected chi connectivity index (χ3v) is 5.07. The first-order valence-corrected chi connectivity index (χ1v) is 9.54. The number of ether oxygens (including phenoxy) is 3. The quantitative estimate of drug-likeness (QED) is 0.757. The minimum Gasteiger partial charge on any atom is -0.493 e. The van der Waals surface area contributed by atoms with Crippen LogP contribution in [-0.4, -0.2) is 51.8 Å². The molecule has 1 N–H and O–H groups in total. The van der Waals surface area contributed by atoms with Crippen molar-refractivity contribution in [3.05, 3.63) is 53.6 Å². The first kappa shape index (κ1) is 20.0. The van der Waals surface area contributed by atoms with E-state index in [4.69, 9.17) is 14.2 Å². The van der Waals surface area contributed by atoms with Crippen LogP contribution in [0.25, 0.3) is 0 Å². The minimum atomic E-state index is -0.174. The molecule has 1 heterocycles. The van der Waals surface area contributed by atoms with Crippen molar-refractivity contribution in [1.29, 1.82) is 0 Å². The number of methoxy groups -OCH3 is 3. The predicted molar refractivity (Wildman–Crippen MR) is 108 cm³/mol. The lowest BCUT2D eigenvalue weighted by molar-refractivity contribution is 0.0926. The van der Waals surface area contributed by atoms with Gasteiger partial charge in [-0.1, -0.05) is 30.3 Å². The summed E-state index contributed by atoms with van der Waals surface area (Å²) in [7, 11) is 4.62. The first-order chi connectivity index (χ1) is 13.7. The third kappa shape index (κ3) is 4.57. The topological polar surface area (TPSA) is 60.0 Å². The van der Waals surface area contributed by atoms with Crippen LogP contribution in [0.5, 0.6) is 17.2 Å². The molecule has 3 rings (SSSR count).